The van der Waals surface area contributed by atoms with Crippen molar-refractivity contribution in [2.45, 2.75) is 32.9 Å². The summed E-state index contributed by atoms with van der Waals surface area (Å²) in [5, 5.41) is 9.71. The second-order valence-corrected chi connectivity index (χ2v) is 10.3. The van der Waals surface area contributed by atoms with E-state index in [1.54, 1.807) is 20.0 Å². The molecule has 0 saturated heterocycles. The molecule has 0 atom stereocenters. The van der Waals surface area contributed by atoms with Gasteiger partial charge in [0.1, 0.15) is 11.5 Å². The summed E-state index contributed by atoms with van der Waals surface area (Å²) in [5.41, 5.74) is 1.84. The Hall–Kier alpha value is -3.10. The van der Waals surface area contributed by atoms with Crippen molar-refractivity contribution in [2.75, 3.05) is 5.75 Å². The van der Waals surface area contributed by atoms with Crippen molar-refractivity contribution >= 4 is 29.1 Å². The number of hydrogen-bond acceptors (Lipinski definition) is 5. The van der Waals surface area contributed by atoms with Crippen LogP contribution in [0.1, 0.15) is 26.5 Å². The SMILES string of the molecule is Cc1c(-n2c(SCC(=O)C(C)(C)C)nnc2-c2ccccc2Cl)c(=O)n(-c2ccccc2)n1C. The Morgan fingerprint density at radius 1 is 1.03 bits per heavy atom. The zero-order valence-electron chi connectivity index (χ0n) is 19.7. The van der Waals surface area contributed by atoms with E-state index in [2.05, 4.69) is 10.2 Å². The summed E-state index contributed by atoms with van der Waals surface area (Å²) in [4.78, 5) is 26.4. The number of benzene rings is 2. The quantitative estimate of drug-likeness (QED) is 0.348. The monoisotopic (exact) mass is 495 g/mol. The predicted molar refractivity (Wildman–Crippen MR) is 136 cm³/mol. The summed E-state index contributed by atoms with van der Waals surface area (Å²) in [6, 6.07) is 16.7. The van der Waals surface area contributed by atoms with Crippen LogP contribution >= 0.6 is 23.4 Å². The summed E-state index contributed by atoms with van der Waals surface area (Å²) < 4.78 is 5.13. The van der Waals surface area contributed by atoms with E-state index in [0.29, 0.717) is 27.3 Å². The smallest absolute Gasteiger partial charge is 0.296 e. The standard InChI is InChI=1S/C25H26ClN5O2S/c1-16-21(23(33)31(29(16)5)17-11-7-6-8-12-17)30-22(18-13-9-10-14-19(18)26)27-28-24(30)34-15-20(32)25(2,3)4/h6-14H,15H2,1-5H3. The van der Waals surface area contributed by atoms with E-state index >= 15 is 0 Å². The van der Waals surface area contributed by atoms with Gasteiger partial charge in [-0.05, 0) is 31.2 Å². The fourth-order valence-corrected chi connectivity index (χ4v) is 4.86. The molecule has 4 aromatic rings. The molecule has 0 fully saturated rings. The Kier molecular flexibility index (Phi) is 6.55. The average Bonchev–Trinajstić information content (AvgIpc) is 3.30. The maximum absolute atomic E-state index is 13.8. The van der Waals surface area contributed by atoms with Crippen molar-refractivity contribution in [3.05, 3.63) is 75.7 Å². The minimum Gasteiger partial charge on any atom is -0.298 e. The van der Waals surface area contributed by atoms with Crippen LogP contribution < -0.4 is 5.56 Å². The van der Waals surface area contributed by atoms with Gasteiger partial charge in [0.15, 0.2) is 11.0 Å². The Balaban J connectivity index is 1.93. The third-order valence-electron chi connectivity index (χ3n) is 5.66. The molecule has 0 saturated carbocycles. The van der Waals surface area contributed by atoms with Gasteiger partial charge in [-0.2, -0.15) is 0 Å². The molecular weight excluding hydrogens is 470 g/mol. The fourth-order valence-electron chi connectivity index (χ4n) is 3.54. The second kappa shape index (κ2) is 9.27. The van der Waals surface area contributed by atoms with E-state index in [-0.39, 0.29) is 17.1 Å². The Morgan fingerprint density at radius 3 is 2.32 bits per heavy atom. The highest BCUT2D eigenvalue weighted by atomic mass is 35.5. The van der Waals surface area contributed by atoms with Crippen molar-refractivity contribution in [3.8, 4) is 22.8 Å². The second-order valence-electron chi connectivity index (χ2n) is 8.99. The summed E-state index contributed by atoms with van der Waals surface area (Å²) in [7, 11) is 1.84. The topological polar surface area (TPSA) is 74.7 Å². The zero-order chi connectivity index (χ0) is 24.6. The number of ketones is 1. The molecule has 2 aromatic carbocycles. The number of aromatic nitrogens is 5. The highest BCUT2D eigenvalue weighted by Crippen LogP contribution is 2.33. The van der Waals surface area contributed by atoms with Gasteiger partial charge >= 0.3 is 0 Å². The number of para-hydroxylation sites is 1. The van der Waals surface area contributed by atoms with Gasteiger partial charge in [-0.1, -0.05) is 74.5 Å². The van der Waals surface area contributed by atoms with E-state index in [4.69, 9.17) is 11.6 Å². The van der Waals surface area contributed by atoms with Gasteiger partial charge in [-0.25, -0.2) is 4.68 Å². The summed E-state index contributed by atoms with van der Waals surface area (Å²) in [5.74, 6) is 0.739. The minimum absolute atomic E-state index is 0.0813. The number of rotatable bonds is 6. The van der Waals surface area contributed by atoms with E-state index < -0.39 is 5.41 Å². The lowest BCUT2D eigenvalue weighted by molar-refractivity contribution is -0.123. The first-order chi connectivity index (χ1) is 16.1. The van der Waals surface area contributed by atoms with Crippen molar-refractivity contribution in [2.24, 2.45) is 12.5 Å². The molecule has 0 N–H and O–H groups in total. The van der Waals surface area contributed by atoms with Crippen molar-refractivity contribution < 1.29 is 4.79 Å². The number of nitrogens with zero attached hydrogens (tertiary/aromatic N) is 5. The fraction of sp³-hybridized carbons (Fsp3) is 0.280. The number of thioether (sulfide) groups is 1. The molecule has 2 aromatic heterocycles. The first-order valence-corrected chi connectivity index (χ1v) is 12.2. The van der Waals surface area contributed by atoms with E-state index in [0.717, 1.165) is 11.4 Å². The highest BCUT2D eigenvalue weighted by Gasteiger charge is 2.27. The van der Waals surface area contributed by atoms with Crippen LogP contribution in [0.2, 0.25) is 5.02 Å². The molecule has 0 bridgehead atoms. The molecule has 0 amide bonds. The van der Waals surface area contributed by atoms with Gasteiger partial charge in [0, 0.05) is 18.0 Å². The Labute approximate surface area is 207 Å². The number of carbonyl (C=O) groups excluding carboxylic acids is 1. The molecule has 9 heteroatoms. The molecule has 0 aliphatic carbocycles. The Bertz CT molecular complexity index is 1410. The van der Waals surface area contributed by atoms with Crippen LogP contribution in [0.25, 0.3) is 22.8 Å². The van der Waals surface area contributed by atoms with Gasteiger partial charge in [0.2, 0.25) is 0 Å². The number of halogens is 1. The van der Waals surface area contributed by atoms with E-state index in [1.165, 1.54) is 11.8 Å². The normalized spacial score (nSPS) is 11.7. The lowest BCUT2D eigenvalue weighted by atomic mass is 9.92. The molecule has 0 aliphatic heterocycles. The molecule has 0 aliphatic rings. The maximum atomic E-state index is 13.8. The molecule has 7 nitrogen and oxygen atoms in total. The van der Waals surface area contributed by atoms with Crippen molar-refractivity contribution in [1.29, 1.82) is 0 Å². The maximum Gasteiger partial charge on any atom is 0.296 e. The molecule has 0 unspecified atom stereocenters. The van der Waals surface area contributed by atoms with Crippen LogP contribution in [0, 0.1) is 12.3 Å². The molecule has 34 heavy (non-hydrogen) atoms. The summed E-state index contributed by atoms with van der Waals surface area (Å²) >= 11 is 7.76. The zero-order valence-corrected chi connectivity index (χ0v) is 21.3. The van der Waals surface area contributed by atoms with Crippen LogP contribution in [-0.2, 0) is 11.8 Å². The largest absolute Gasteiger partial charge is 0.298 e. The van der Waals surface area contributed by atoms with Gasteiger partial charge < -0.3 is 0 Å². The van der Waals surface area contributed by atoms with Crippen molar-refractivity contribution in [1.82, 2.24) is 24.1 Å². The highest BCUT2D eigenvalue weighted by molar-refractivity contribution is 7.99. The lowest BCUT2D eigenvalue weighted by Gasteiger charge is -2.16. The molecule has 0 spiro atoms. The van der Waals surface area contributed by atoms with Gasteiger partial charge in [-0.3, -0.25) is 18.8 Å². The van der Waals surface area contributed by atoms with E-state index in [9.17, 15) is 9.59 Å². The molecule has 0 radical (unpaired) electrons. The van der Waals surface area contributed by atoms with Crippen LogP contribution in [0.15, 0.2) is 64.5 Å². The Morgan fingerprint density at radius 2 is 1.68 bits per heavy atom. The van der Waals surface area contributed by atoms with Crippen LogP contribution in [0.4, 0.5) is 0 Å². The number of Topliss-reactive ketones (excluding diaryl/α,β-unsaturated/α-hetero) is 1. The lowest BCUT2D eigenvalue weighted by Crippen LogP contribution is -2.23. The average molecular weight is 496 g/mol. The molecular formula is C25H26ClN5O2S. The third-order valence-corrected chi connectivity index (χ3v) is 6.92. The first kappa shape index (κ1) is 24.0. The predicted octanol–water partition coefficient (Wildman–Crippen LogP) is 5.09. The van der Waals surface area contributed by atoms with Crippen LogP contribution in [0.5, 0.6) is 0 Å². The molecule has 4 rings (SSSR count). The van der Waals surface area contributed by atoms with Gasteiger partial charge in [-0.15, -0.1) is 10.2 Å². The van der Waals surface area contributed by atoms with Crippen molar-refractivity contribution in [3.63, 3.8) is 0 Å². The number of carbonyl (C=O) groups is 1. The third kappa shape index (κ3) is 4.35. The van der Waals surface area contributed by atoms with Gasteiger partial charge in [0.25, 0.3) is 5.56 Å². The molecule has 176 valence electrons. The van der Waals surface area contributed by atoms with E-state index in [1.807, 2.05) is 83.3 Å². The summed E-state index contributed by atoms with van der Waals surface area (Å²) in [6.07, 6.45) is 0. The minimum atomic E-state index is -0.480. The van der Waals surface area contributed by atoms with Gasteiger partial charge in [0.05, 0.1) is 22.2 Å². The van der Waals surface area contributed by atoms with Crippen LogP contribution in [-0.4, -0.2) is 35.7 Å². The molecule has 2 heterocycles. The summed E-state index contributed by atoms with van der Waals surface area (Å²) in [6.45, 7) is 7.53. The first-order valence-electron chi connectivity index (χ1n) is 10.8. The van der Waals surface area contributed by atoms with Crippen LogP contribution in [0.3, 0.4) is 0 Å². The number of hydrogen-bond donors (Lipinski definition) is 0.